The van der Waals surface area contributed by atoms with Gasteiger partial charge in [0.15, 0.2) is 0 Å². The lowest BCUT2D eigenvalue weighted by Gasteiger charge is -2.32. The Bertz CT molecular complexity index is 1210. The molecule has 0 bridgehead atoms. The number of likely N-dealkylation sites (tertiary alicyclic amines) is 1. The van der Waals surface area contributed by atoms with Crippen LogP contribution in [-0.4, -0.2) is 48.1 Å². The van der Waals surface area contributed by atoms with Crippen molar-refractivity contribution < 1.29 is 31.1 Å². The fourth-order valence-corrected chi connectivity index (χ4v) is 4.96. The zero-order valence-corrected chi connectivity index (χ0v) is 22.0. The Hall–Kier alpha value is -3.02. The van der Waals surface area contributed by atoms with E-state index >= 15 is 0 Å². The molecule has 2 aliphatic carbocycles. The number of piperidine rings is 1. The lowest BCUT2D eigenvalue weighted by Crippen LogP contribution is -2.37. The van der Waals surface area contributed by atoms with E-state index in [1.807, 2.05) is 0 Å². The summed E-state index contributed by atoms with van der Waals surface area (Å²) in [4.78, 5) is 27.0. The van der Waals surface area contributed by atoms with E-state index in [-0.39, 0.29) is 29.7 Å². The van der Waals surface area contributed by atoms with Gasteiger partial charge < -0.3 is 20.5 Å². The molecule has 1 saturated heterocycles. The van der Waals surface area contributed by atoms with Crippen LogP contribution in [0.4, 0.5) is 32.0 Å². The van der Waals surface area contributed by atoms with E-state index < -0.39 is 47.8 Å². The molecule has 3 aliphatic rings. The number of pyridine rings is 1. The summed E-state index contributed by atoms with van der Waals surface area (Å²) in [5, 5.41) is 2.30. The number of nitrogens with two attached hydrogens (primary N) is 1. The Balaban J connectivity index is 0.000000316. The Morgan fingerprint density at radius 1 is 1.08 bits per heavy atom. The Labute approximate surface area is 223 Å². The molecule has 216 valence electrons. The van der Waals surface area contributed by atoms with E-state index in [2.05, 4.69) is 17.3 Å². The zero-order chi connectivity index (χ0) is 29.0. The smallest absolute Gasteiger partial charge is 0.266 e. The molecule has 12 heteroatoms. The molecule has 2 saturated carbocycles. The van der Waals surface area contributed by atoms with Crippen LogP contribution >= 0.6 is 0 Å². The first-order valence-corrected chi connectivity index (χ1v) is 12.7. The second-order valence-corrected chi connectivity index (χ2v) is 10.2. The number of carbonyl (C=O) groups is 1. The summed E-state index contributed by atoms with van der Waals surface area (Å²) in [6, 6.07) is 4.25. The average Bonchev–Trinajstić information content (AvgIpc) is 3.83. The van der Waals surface area contributed by atoms with Crippen LogP contribution in [-0.2, 0) is 12.1 Å². The van der Waals surface area contributed by atoms with Crippen LogP contribution in [0.1, 0.15) is 72.9 Å². The molecule has 1 spiro atoms. The van der Waals surface area contributed by atoms with Crippen LogP contribution in [0.15, 0.2) is 35.3 Å². The number of rotatable bonds is 6. The summed E-state index contributed by atoms with van der Waals surface area (Å²) < 4.78 is 76.4. The van der Waals surface area contributed by atoms with E-state index in [0.717, 1.165) is 28.4 Å². The normalized spacial score (nSPS) is 18.6. The SMILES string of the molecule is CF.CN1CCCCC12CC2.Nc1cc(=O)n(C2(C(F)F)CC2)cc1C(=O)NCc1cccc(C(F)F)c1F. The standard InChI is InChI=1S/C18H16F5N3O2.C8H15N.CH3F/c19-14-9(2-1-3-10(14)15(20)21)7-25-16(28)11-8-26(13(27)6-12(11)24)18(4-5-18)17(22)23;1-9-7-3-2-4-8(9)5-6-8;1-2/h1-3,6,8,15,17H,4-5,7,24H2,(H,25,28);2-7H2,1H3;1H3. The van der Waals surface area contributed by atoms with Crippen molar-refractivity contribution in [3.63, 3.8) is 0 Å². The number of hydrogen-bond donors (Lipinski definition) is 2. The number of nitrogens with zero attached hydrogens (tertiary/aromatic N) is 2. The Morgan fingerprint density at radius 2 is 1.74 bits per heavy atom. The van der Waals surface area contributed by atoms with Crippen molar-refractivity contribution in [2.45, 2.75) is 75.4 Å². The van der Waals surface area contributed by atoms with E-state index in [1.165, 1.54) is 50.8 Å². The highest BCUT2D eigenvalue weighted by Crippen LogP contribution is 2.48. The van der Waals surface area contributed by atoms with Gasteiger partial charge >= 0.3 is 0 Å². The summed E-state index contributed by atoms with van der Waals surface area (Å²) in [6.45, 7) is 0.920. The first-order valence-electron chi connectivity index (χ1n) is 12.7. The number of amides is 1. The number of alkyl halides is 5. The molecular formula is C27H34F6N4O2. The topological polar surface area (TPSA) is 80.4 Å². The Kier molecular flexibility index (Phi) is 9.74. The van der Waals surface area contributed by atoms with Crippen molar-refractivity contribution in [1.29, 1.82) is 0 Å². The number of halogens is 6. The highest BCUT2D eigenvalue weighted by atomic mass is 19.3. The van der Waals surface area contributed by atoms with Crippen molar-refractivity contribution in [2.24, 2.45) is 0 Å². The second kappa shape index (κ2) is 12.4. The van der Waals surface area contributed by atoms with Crippen LogP contribution in [0, 0.1) is 5.82 Å². The first-order chi connectivity index (χ1) is 18.5. The number of aromatic nitrogens is 1. The fourth-order valence-electron chi connectivity index (χ4n) is 4.96. The lowest BCUT2D eigenvalue weighted by atomic mass is 10.0. The van der Waals surface area contributed by atoms with Crippen molar-refractivity contribution >= 4 is 11.6 Å². The maximum absolute atomic E-state index is 14.0. The van der Waals surface area contributed by atoms with Gasteiger partial charge in [0.1, 0.15) is 11.4 Å². The van der Waals surface area contributed by atoms with Gasteiger partial charge in [0, 0.05) is 29.9 Å². The summed E-state index contributed by atoms with van der Waals surface area (Å²) in [5.74, 6) is -2.00. The molecule has 0 atom stereocenters. The summed E-state index contributed by atoms with van der Waals surface area (Å²) in [7, 11) is 2.78. The average molecular weight is 561 g/mol. The van der Waals surface area contributed by atoms with Gasteiger partial charge in [-0.15, -0.1) is 0 Å². The minimum atomic E-state index is -3.01. The van der Waals surface area contributed by atoms with Gasteiger partial charge in [0.2, 0.25) is 0 Å². The van der Waals surface area contributed by atoms with Gasteiger partial charge in [-0.1, -0.05) is 24.6 Å². The molecule has 0 radical (unpaired) electrons. The van der Waals surface area contributed by atoms with Crippen molar-refractivity contribution in [3.05, 3.63) is 63.3 Å². The van der Waals surface area contributed by atoms with Crippen LogP contribution in [0.2, 0.25) is 0 Å². The summed E-state index contributed by atoms with van der Waals surface area (Å²) >= 11 is 0. The van der Waals surface area contributed by atoms with E-state index in [0.29, 0.717) is 7.18 Å². The molecule has 0 unspecified atom stereocenters. The lowest BCUT2D eigenvalue weighted by molar-refractivity contribution is 0.0648. The number of anilines is 1. The number of benzene rings is 1. The molecule has 3 N–H and O–H groups in total. The van der Waals surface area contributed by atoms with Crippen molar-refractivity contribution in [2.75, 3.05) is 26.5 Å². The molecule has 1 aromatic heterocycles. The predicted octanol–water partition coefficient (Wildman–Crippen LogP) is 5.41. The Morgan fingerprint density at radius 3 is 2.26 bits per heavy atom. The maximum Gasteiger partial charge on any atom is 0.266 e. The molecule has 6 nitrogen and oxygen atoms in total. The molecule has 39 heavy (non-hydrogen) atoms. The predicted molar refractivity (Wildman–Crippen MR) is 136 cm³/mol. The molecule has 1 amide bonds. The van der Waals surface area contributed by atoms with E-state index in [1.54, 1.807) is 0 Å². The molecular weight excluding hydrogens is 526 g/mol. The molecule has 1 aromatic carbocycles. The third-order valence-electron chi connectivity index (χ3n) is 7.78. The van der Waals surface area contributed by atoms with Gasteiger partial charge in [-0.2, -0.15) is 0 Å². The number of nitrogen functional groups attached to an aromatic ring is 1. The zero-order valence-electron chi connectivity index (χ0n) is 22.0. The van der Waals surface area contributed by atoms with Crippen LogP contribution in [0.3, 0.4) is 0 Å². The van der Waals surface area contributed by atoms with Crippen molar-refractivity contribution in [3.8, 4) is 0 Å². The van der Waals surface area contributed by atoms with E-state index in [4.69, 9.17) is 5.73 Å². The number of carbonyl (C=O) groups excluding carboxylic acids is 1. The van der Waals surface area contributed by atoms with Gasteiger partial charge in [-0.05, 0) is 52.1 Å². The highest BCUT2D eigenvalue weighted by Gasteiger charge is 2.53. The van der Waals surface area contributed by atoms with Gasteiger partial charge in [0.25, 0.3) is 24.3 Å². The van der Waals surface area contributed by atoms with Gasteiger partial charge in [-0.25, -0.2) is 22.0 Å². The van der Waals surface area contributed by atoms with Gasteiger partial charge in [-0.3, -0.25) is 14.0 Å². The quantitative estimate of drug-likeness (QED) is 0.463. The van der Waals surface area contributed by atoms with Crippen LogP contribution < -0.4 is 16.6 Å². The highest BCUT2D eigenvalue weighted by molar-refractivity contribution is 5.98. The molecule has 2 aromatic rings. The van der Waals surface area contributed by atoms with Crippen LogP contribution in [0.5, 0.6) is 0 Å². The van der Waals surface area contributed by atoms with E-state index in [9.17, 15) is 35.9 Å². The van der Waals surface area contributed by atoms with Gasteiger partial charge in [0.05, 0.1) is 24.0 Å². The minimum Gasteiger partial charge on any atom is -0.398 e. The molecule has 1 aliphatic heterocycles. The minimum absolute atomic E-state index is 0.0845. The second-order valence-electron chi connectivity index (χ2n) is 10.2. The maximum atomic E-state index is 14.0. The molecule has 5 rings (SSSR count). The number of hydrogen-bond acceptors (Lipinski definition) is 4. The summed E-state index contributed by atoms with van der Waals surface area (Å²) in [6.07, 6.45) is 2.65. The van der Waals surface area contributed by atoms with Crippen LogP contribution in [0.25, 0.3) is 0 Å². The molecule has 3 fully saturated rings. The molecule has 2 heterocycles. The summed E-state index contributed by atoms with van der Waals surface area (Å²) in [5.41, 5.74) is 2.52. The monoisotopic (exact) mass is 560 g/mol. The third kappa shape index (κ3) is 6.59. The number of nitrogens with one attached hydrogen (secondary N) is 1. The van der Waals surface area contributed by atoms with Crippen molar-refractivity contribution in [1.82, 2.24) is 14.8 Å². The third-order valence-corrected chi connectivity index (χ3v) is 7.78. The largest absolute Gasteiger partial charge is 0.398 e. The fraction of sp³-hybridized carbons (Fsp3) is 0.556. The first kappa shape index (κ1) is 30.5.